The van der Waals surface area contributed by atoms with Crippen LogP contribution < -0.4 is 0 Å². The van der Waals surface area contributed by atoms with Crippen LogP contribution in [-0.4, -0.2) is 24.0 Å². The lowest BCUT2D eigenvalue weighted by Crippen LogP contribution is -2.41. The average Bonchev–Trinajstić information content (AvgIpc) is 2.44. The molecule has 0 aliphatic heterocycles. The Morgan fingerprint density at radius 2 is 1.95 bits per heavy atom. The maximum atomic E-state index is 12.7. The second-order valence-corrected chi connectivity index (χ2v) is 7.61. The van der Waals surface area contributed by atoms with E-state index in [4.69, 9.17) is 28.4 Å². The van der Waals surface area contributed by atoms with Crippen LogP contribution in [-0.2, 0) is 9.84 Å². The summed E-state index contributed by atoms with van der Waals surface area (Å²) in [4.78, 5) is 0.0716. The Bertz CT molecular complexity index is 683. The number of halogens is 2. The van der Waals surface area contributed by atoms with Crippen LogP contribution in [0, 0.1) is 5.92 Å². The van der Waals surface area contributed by atoms with Gasteiger partial charge in [-0.2, -0.15) is 0 Å². The maximum Gasteiger partial charge on any atom is 0.202 e. The van der Waals surface area contributed by atoms with E-state index in [-0.39, 0.29) is 9.93 Å². The van der Waals surface area contributed by atoms with E-state index in [1.54, 1.807) is 18.2 Å². The van der Waals surface area contributed by atoms with E-state index in [0.29, 0.717) is 0 Å². The molecule has 2 unspecified atom stereocenters. The second-order valence-electron chi connectivity index (χ2n) is 4.17. The van der Waals surface area contributed by atoms with Gasteiger partial charge in [0.25, 0.3) is 0 Å². The number of alkyl halides is 1. The van der Waals surface area contributed by atoms with E-state index in [1.807, 2.05) is 0 Å². The van der Waals surface area contributed by atoms with Crippen molar-refractivity contribution in [2.24, 2.45) is 11.1 Å². The molecule has 0 aromatic heterocycles. The molecule has 106 valence electrons. The van der Waals surface area contributed by atoms with Crippen molar-refractivity contribution in [1.82, 2.24) is 0 Å². The number of nitrogens with zero attached hydrogens (tertiary/aromatic N) is 1. The molecule has 0 amide bonds. The van der Waals surface area contributed by atoms with Crippen molar-refractivity contribution >= 4 is 39.3 Å². The second kappa shape index (κ2) is 5.60. The molecule has 0 fully saturated rings. The zero-order chi connectivity index (χ0) is 14.8. The SMILES string of the molecule is O=S(=O)(c1ccccc1)C1(Cl)C=CC=C(Cl)C1/C=N\O. The highest BCUT2D eigenvalue weighted by Crippen LogP contribution is 2.43. The molecule has 1 N–H and O–H groups in total. The van der Waals surface area contributed by atoms with Gasteiger partial charge in [-0.05, 0) is 24.3 Å². The minimum absolute atomic E-state index is 0.0716. The van der Waals surface area contributed by atoms with Crippen LogP contribution in [0.5, 0.6) is 0 Å². The molecular formula is C13H11Cl2NO3S. The molecular weight excluding hydrogens is 321 g/mol. The first kappa shape index (κ1) is 15.1. The predicted octanol–water partition coefficient (Wildman–Crippen LogP) is 3.16. The summed E-state index contributed by atoms with van der Waals surface area (Å²) in [5.74, 6) is -0.967. The fraction of sp³-hybridized carbons (Fsp3) is 0.154. The Kier molecular flexibility index (Phi) is 4.22. The molecule has 0 saturated carbocycles. The minimum Gasteiger partial charge on any atom is -0.411 e. The monoisotopic (exact) mass is 331 g/mol. The van der Waals surface area contributed by atoms with Crippen LogP contribution in [0.2, 0.25) is 0 Å². The number of allylic oxidation sites excluding steroid dienone is 3. The number of sulfone groups is 1. The normalized spacial score (nSPS) is 26.7. The Hall–Kier alpha value is -1.30. The lowest BCUT2D eigenvalue weighted by molar-refractivity contribution is 0.319. The molecule has 0 radical (unpaired) electrons. The van der Waals surface area contributed by atoms with Gasteiger partial charge in [0.2, 0.25) is 9.84 Å². The van der Waals surface area contributed by atoms with E-state index >= 15 is 0 Å². The molecule has 20 heavy (non-hydrogen) atoms. The van der Waals surface area contributed by atoms with E-state index in [9.17, 15) is 8.42 Å². The van der Waals surface area contributed by atoms with Gasteiger partial charge >= 0.3 is 0 Å². The third-order valence-electron chi connectivity index (χ3n) is 2.98. The first-order chi connectivity index (χ1) is 9.43. The molecule has 0 bridgehead atoms. The number of oxime groups is 1. The van der Waals surface area contributed by atoms with Crippen molar-refractivity contribution < 1.29 is 13.6 Å². The van der Waals surface area contributed by atoms with Gasteiger partial charge in [0, 0.05) is 5.03 Å². The number of hydrogen-bond donors (Lipinski definition) is 1. The van der Waals surface area contributed by atoms with Gasteiger partial charge in [-0.3, -0.25) is 0 Å². The zero-order valence-corrected chi connectivity index (χ0v) is 12.5. The summed E-state index contributed by atoms with van der Waals surface area (Å²) in [6.45, 7) is 0. The van der Waals surface area contributed by atoms with Crippen LogP contribution >= 0.6 is 23.2 Å². The average molecular weight is 332 g/mol. The Morgan fingerprint density at radius 1 is 1.30 bits per heavy atom. The lowest BCUT2D eigenvalue weighted by atomic mass is 10.0. The Morgan fingerprint density at radius 3 is 2.55 bits per heavy atom. The molecule has 0 spiro atoms. The molecule has 1 aromatic rings. The first-order valence-corrected chi connectivity index (χ1v) is 7.88. The quantitative estimate of drug-likeness (QED) is 0.400. The number of benzene rings is 1. The van der Waals surface area contributed by atoms with Crippen molar-refractivity contribution in [3.8, 4) is 0 Å². The highest BCUT2D eigenvalue weighted by molar-refractivity contribution is 7.94. The molecule has 1 aliphatic rings. The third-order valence-corrected chi connectivity index (χ3v) is 6.42. The Balaban J connectivity index is 2.59. The zero-order valence-electron chi connectivity index (χ0n) is 10.1. The lowest BCUT2D eigenvalue weighted by Gasteiger charge is -2.31. The van der Waals surface area contributed by atoms with Crippen molar-refractivity contribution in [3.63, 3.8) is 0 Å². The number of hydrogen-bond acceptors (Lipinski definition) is 4. The van der Waals surface area contributed by atoms with Crippen LogP contribution in [0.1, 0.15) is 0 Å². The van der Waals surface area contributed by atoms with E-state index in [0.717, 1.165) is 6.21 Å². The van der Waals surface area contributed by atoms with Gasteiger partial charge in [-0.25, -0.2) is 8.42 Å². The Labute approximate surface area is 126 Å². The first-order valence-electron chi connectivity index (χ1n) is 5.64. The minimum atomic E-state index is -3.91. The topological polar surface area (TPSA) is 66.7 Å². The van der Waals surface area contributed by atoms with Gasteiger partial charge in [-0.1, -0.05) is 47.5 Å². The van der Waals surface area contributed by atoms with Crippen molar-refractivity contribution in [2.75, 3.05) is 0 Å². The summed E-state index contributed by atoms with van der Waals surface area (Å²) in [5.41, 5.74) is 0. The van der Waals surface area contributed by atoms with Crippen LogP contribution in [0.4, 0.5) is 0 Å². The molecule has 2 rings (SSSR count). The highest BCUT2D eigenvalue weighted by Gasteiger charge is 2.49. The van der Waals surface area contributed by atoms with Crippen molar-refractivity contribution in [3.05, 3.63) is 53.6 Å². The molecule has 2 atom stereocenters. The van der Waals surface area contributed by atoms with Gasteiger partial charge in [0.05, 0.1) is 17.0 Å². The van der Waals surface area contributed by atoms with E-state index < -0.39 is 20.0 Å². The summed E-state index contributed by atoms with van der Waals surface area (Å²) >= 11 is 12.3. The van der Waals surface area contributed by atoms with Crippen molar-refractivity contribution in [1.29, 1.82) is 0 Å². The molecule has 7 heteroatoms. The molecule has 0 saturated heterocycles. The van der Waals surface area contributed by atoms with Gasteiger partial charge in [0.1, 0.15) is 0 Å². The summed E-state index contributed by atoms with van der Waals surface area (Å²) < 4.78 is 23.6. The van der Waals surface area contributed by atoms with Crippen molar-refractivity contribution in [2.45, 2.75) is 9.10 Å². The van der Waals surface area contributed by atoms with Crippen LogP contribution in [0.25, 0.3) is 0 Å². The van der Waals surface area contributed by atoms with Gasteiger partial charge in [0.15, 0.2) is 4.21 Å². The molecule has 1 aliphatic carbocycles. The summed E-state index contributed by atoms with van der Waals surface area (Å²) in [6.07, 6.45) is 5.32. The third kappa shape index (κ3) is 2.37. The molecule has 0 heterocycles. The highest BCUT2D eigenvalue weighted by atomic mass is 35.5. The summed E-state index contributed by atoms with van der Waals surface area (Å²) in [5, 5.41) is 11.8. The smallest absolute Gasteiger partial charge is 0.202 e. The fourth-order valence-corrected chi connectivity index (χ4v) is 4.54. The molecule has 1 aromatic carbocycles. The fourth-order valence-electron chi connectivity index (χ4n) is 1.94. The largest absolute Gasteiger partial charge is 0.411 e. The van der Waals surface area contributed by atoms with Gasteiger partial charge in [-0.15, -0.1) is 5.16 Å². The van der Waals surface area contributed by atoms with Crippen LogP contribution in [0.15, 0.2) is 63.6 Å². The van der Waals surface area contributed by atoms with Crippen LogP contribution in [0.3, 0.4) is 0 Å². The summed E-state index contributed by atoms with van der Waals surface area (Å²) in [7, 11) is -3.91. The summed E-state index contributed by atoms with van der Waals surface area (Å²) in [6, 6.07) is 7.81. The maximum absolute atomic E-state index is 12.7. The number of rotatable bonds is 3. The standard InChI is InChI=1S/C13H11Cl2NO3S/c14-12-7-4-8-13(15,11(12)9-16-17)20(18,19)10-5-2-1-3-6-10/h1-9,11,17H/b16-9-. The van der Waals surface area contributed by atoms with E-state index in [2.05, 4.69) is 5.16 Å². The van der Waals surface area contributed by atoms with Gasteiger partial charge < -0.3 is 5.21 Å². The predicted molar refractivity (Wildman–Crippen MR) is 79.1 cm³/mol. The van der Waals surface area contributed by atoms with E-state index in [1.165, 1.54) is 30.4 Å². The molecule has 4 nitrogen and oxygen atoms in total.